The van der Waals surface area contributed by atoms with Crippen LogP contribution in [0.1, 0.15) is 65.7 Å². The van der Waals surface area contributed by atoms with Gasteiger partial charge in [0.05, 0.1) is 25.9 Å². The Morgan fingerprint density at radius 2 is 1.76 bits per heavy atom. The Labute approximate surface area is 202 Å². The van der Waals surface area contributed by atoms with E-state index in [0.717, 1.165) is 44.9 Å². The second-order valence-electron chi connectivity index (χ2n) is 12.1. The fraction of sp³-hybridized carbons (Fsp3) is 0.923. The number of aliphatic hydroxyl groups is 6. The van der Waals surface area contributed by atoms with Gasteiger partial charge in [0.2, 0.25) is 0 Å². The molecule has 0 aromatic rings. The smallest absolute Gasteiger partial charge is 0.186 e. The maximum absolute atomic E-state index is 10.4. The largest absolute Gasteiger partial charge is 0.394 e. The van der Waals surface area contributed by atoms with Crippen molar-refractivity contribution in [2.45, 2.75) is 103 Å². The first-order chi connectivity index (χ1) is 16.0. The third-order valence-electron chi connectivity index (χ3n) is 9.91. The molecule has 0 spiro atoms. The Hall–Kier alpha value is -0.580. The van der Waals surface area contributed by atoms with E-state index in [0.29, 0.717) is 18.4 Å². The van der Waals surface area contributed by atoms with Gasteiger partial charge in [-0.2, -0.15) is 0 Å². The van der Waals surface area contributed by atoms with Crippen molar-refractivity contribution in [3.05, 3.63) is 11.6 Å². The third-order valence-corrected chi connectivity index (χ3v) is 9.91. The molecule has 1 heterocycles. The zero-order valence-electron chi connectivity index (χ0n) is 20.8. The van der Waals surface area contributed by atoms with Crippen LogP contribution in [0.5, 0.6) is 0 Å². The van der Waals surface area contributed by atoms with Gasteiger partial charge in [-0.25, -0.2) is 0 Å². The number of ether oxygens (including phenoxy) is 2. The minimum absolute atomic E-state index is 0.0985. The van der Waals surface area contributed by atoms with Crippen LogP contribution in [-0.2, 0) is 9.47 Å². The molecule has 0 bridgehead atoms. The molecule has 4 rings (SSSR count). The summed E-state index contributed by atoms with van der Waals surface area (Å²) in [5.41, 5.74) is 0.997. The van der Waals surface area contributed by atoms with Crippen molar-refractivity contribution in [1.82, 2.24) is 0 Å². The Balaban J connectivity index is 1.50. The first kappa shape index (κ1) is 26.5. The van der Waals surface area contributed by atoms with Crippen LogP contribution < -0.4 is 0 Å². The van der Waals surface area contributed by atoms with Crippen molar-refractivity contribution in [2.24, 2.45) is 28.1 Å². The lowest BCUT2D eigenvalue weighted by Gasteiger charge is -2.60. The molecule has 3 fully saturated rings. The Morgan fingerprint density at radius 3 is 2.44 bits per heavy atom. The Bertz CT molecular complexity index is 757. The first-order valence-corrected chi connectivity index (χ1v) is 12.9. The third kappa shape index (κ3) is 4.39. The van der Waals surface area contributed by atoms with E-state index in [9.17, 15) is 30.6 Å². The lowest BCUT2D eigenvalue weighted by atomic mass is 9.45. The quantitative estimate of drug-likeness (QED) is 0.308. The van der Waals surface area contributed by atoms with Crippen LogP contribution in [0, 0.1) is 28.1 Å². The van der Waals surface area contributed by atoms with E-state index in [1.807, 2.05) is 6.92 Å². The van der Waals surface area contributed by atoms with Crippen molar-refractivity contribution in [2.75, 3.05) is 19.8 Å². The van der Waals surface area contributed by atoms with E-state index < -0.39 is 43.4 Å². The molecule has 4 aliphatic rings. The zero-order chi connectivity index (χ0) is 24.9. The standard InChI is InChI=1S/C26H44O8/c1-24(19(29)13-28)10-7-16-15(11-24)5-6-18-25(2,8-4-9-26(16,18)3)14-33-23-22(32)21(31)20(30)17(12-27)34-23/h11,16-23,27-32H,4-10,12-14H2,1-3H3/t16-,17-,18-,19-,20-,21+,22-,23+,24+,25+,26+/m1/s1. The molecule has 0 radical (unpaired) electrons. The van der Waals surface area contributed by atoms with E-state index in [2.05, 4.69) is 19.9 Å². The van der Waals surface area contributed by atoms with E-state index >= 15 is 0 Å². The molecule has 0 aromatic carbocycles. The van der Waals surface area contributed by atoms with Gasteiger partial charge in [0.15, 0.2) is 6.29 Å². The van der Waals surface area contributed by atoms with Crippen LogP contribution in [0.3, 0.4) is 0 Å². The van der Waals surface area contributed by atoms with Gasteiger partial charge < -0.3 is 40.1 Å². The van der Waals surface area contributed by atoms with Crippen LogP contribution in [0.2, 0.25) is 0 Å². The van der Waals surface area contributed by atoms with Gasteiger partial charge in [0.25, 0.3) is 0 Å². The summed E-state index contributed by atoms with van der Waals surface area (Å²) < 4.78 is 11.7. The van der Waals surface area contributed by atoms with Crippen molar-refractivity contribution >= 4 is 0 Å². The molecule has 2 saturated carbocycles. The molecule has 1 saturated heterocycles. The highest BCUT2D eigenvalue weighted by molar-refractivity contribution is 5.25. The highest BCUT2D eigenvalue weighted by atomic mass is 16.7. The molecule has 3 aliphatic carbocycles. The predicted molar refractivity (Wildman–Crippen MR) is 125 cm³/mol. The Morgan fingerprint density at radius 1 is 1.03 bits per heavy atom. The molecule has 0 unspecified atom stereocenters. The number of hydrogen-bond donors (Lipinski definition) is 6. The van der Waals surface area contributed by atoms with Crippen molar-refractivity contribution in [1.29, 1.82) is 0 Å². The maximum atomic E-state index is 10.4. The number of rotatable bonds is 6. The normalized spacial score (nSPS) is 50.1. The second-order valence-corrected chi connectivity index (χ2v) is 12.1. The van der Waals surface area contributed by atoms with Crippen molar-refractivity contribution < 1.29 is 40.1 Å². The SMILES string of the molecule is C[C@@]1(CO[C@H]2O[C@H](CO)[C@@H](O)[C@H](O)[C@H]2O)CCC[C@@]2(C)[C@@H]3CC[C@](C)([C@H](O)CO)C=C3CC[C@H]12. The Kier molecular flexibility index (Phi) is 7.56. The number of hydrogen-bond acceptors (Lipinski definition) is 8. The van der Waals surface area contributed by atoms with Crippen LogP contribution in [0.25, 0.3) is 0 Å². The van der Waals surface area contributed by atoms with Gasteiger partial charge in [-0.15, -0.1) is 0 Å². The summed E-state index contributed by atoms with van der Waals surface area (Å²) in [5.74, 6) is 0.852. The van der Waals surface area contributed by atoms with E-state index in [4.69, 9.17) is 9.47 Å². The molecule has 11 atom stereocenters. The van der Waals surface area contributed by atoms with Gasteiger partial charge in [-0.3, -0.25) is 0 Å². The fourth-order valence-corrected chi connectivity index (χ4v) is 7.78. The fourth-order valence-electron chi connectivity index (χ4n) is 7.78. The minimum Gasteiger partial charge on any atom is -0.394 e. The summed E-state index contributed by atoms with van der Waals surface area (Å²) in [6, 6.07) is 0. The van der Waals surface area contributed by atoms with Crippen LogP contribution in [0.15, 0.2) is 11.6 Å². The second kappa shape index (κ2) is 9.71. The average molecular weight is 485 g/mol. The van der Waals surface area contributed by atoms with E-state index in [-0.39, 0.29) is 22.9 Å². The van der Waals surface area contributed by atoms with Crippen LogP contribution in [-0.4, -0.2) is 87.3 Å². The predicted octanol–water partition coefficient (Wildman–Crippen LogP) is 1.11. The molecule has 8 heteroatoms. The maximum Gasteiger partial charge on any atom is 0.186 e. The molecule has 6 N–H and O–H groups in total. The molecular weight excluding hydrogens is 440 g/mol. The summed E-state index contributed by atoms with van der Waals surface area (Å²) in [4.78, 5) is 0. The lowest BCUT2D eigenvalue weighted by Crippen LogP contribution is -2.60. The summed E-state index contributed by atoms with van der Waals surface area (Å²) in [6.07, 6.45) is 2.25. The van der Waals surface area contributed by atoms with Gasteiger partial charge in [0.1, 0.15) is 24.4 Å². The highest BCUT2D eigenvalue weighted by Crippen LogP contribution is 2.64. The molecule has 34 heavy (non-hydrogen) atoms. The topological polar surface area (TPSA) is 140 Å². The van der Waals surface area contributed by atoms with Crippen molar-refractivity contribution in [3.8, 4) is 0 Å². The molecule has 0 amide bonds. The molecule has 196 valence electrons. The lowest BCUT2D eigenvalue weighted by molar-refractivity contribution is -0.309. The molecular formula is C26H44O8. The molecule has 1 aliphatic heterocycles. The average Bonchev–Trinajstić information content (AvgIpc) is 2.81. The number of fused-ring (bicyclic) bond motifs is 3. The van der Waals surface area contributed by atoms with Crippen molar-refractivity contribution in [3.63, 3.8) is 0 Å². The van der Waals surface area contributed by atoms with Gasteiger partial charge >= 0.3 is 0 Å². The van der Waals surface area contributed by atoms with E-state index in [1.165, 1.54) is 5.57 Å². The summed E-state index contributed by atoms with van der Waals surface area (Å²) >= 11 is 0. The summed E-state index contributed by atoms with van der Waals surface area (Å²) in [7, 11) is 0. The molecule has 0 aromatic heterocycles. The van der Waals surface area contributed by atoms with E-state index in [1.54, 1.807) is 0 Å². The van der Waals surface area contributed by atoms with Crippen LogP contribution in [0.4, 0.5) is 0 Å². The minimum atomic E-state index is -1.44. The first-order valence-electron chi connectivity index (χ1n) is 12.9. The van der Waals surface area contributed by atoms with Gasteiger partial charge in [0, 0.05) is 5.41 Å². The zero-order valence-corrected chi connectivity index (χ0v) is 20.8. The van der Waals surface area contributed by atoms with Gasteiger partial charge in [-0.1, -0.05) is 38.8 Å². The highest BCUT2D eigenvalue weighted by Gasteiger charge is 2.57. The number of aliphatic hydroxyl groups excluding tert-OH is 6. The number of allylic oxidation sites excluding steroid dienone is 1. The summed E-state index contributed by atoms with van der Waals surface area (Å²) in [6.45, 7) is 6.36. The molecule has 8 nitrogen and oxygen atoms in total. The monoisotopic (exact) mass is 484 g/mol. The van der Waals surface area contributed by atoms with Crippen LogP contribution >= 0.6 is 0 Å². The van der Waals surface area contributed by atoms with Gasteiger partial charge in [-0.05, 0) is 61.2 Å². The summed E-state index contributed by atoms with van der Waals surface area (Å²) in [5, 5.41) is 60.0.